The standard InChI is InChI=1S/C12H25NO4/c1-15-6-7-16-8-11(14)9-17-10-12(13)4-2-3-5-12/h11,14H,2-10,13H2,1H3. The summed E-state index contributed by atoms with van der Waals surface area (Å²) >= 11 is 0. The Morgan fingerprint density at radius 3 is 2.47 bits per heavy atom. The molecule has 1 fully saturated rings. The van der Waals surface area contributed by atoms with E-state index >= 15 is 0 Å². The SMILES string of the molecule is COCCOCC(O)COCC1(N)CCCC1. The zero-order chi connectivity index (χ0) is 12.6. The molecule has 3 N–H and O–H groups in total. The van der Waals surface area contributed by atoms with Crippen LogP contribution in [0.25, 0.3) is 0 Å². The number of methoxy groups -OCH3 is 1. The van der Waals surface area contributed by atoms with Crippen molar-refractivity contribution < 1.29 is 19.3 Å². The highest BCUT2D eigenvalue weighted by Crippen LogP contribution is 2.27. The molecule has 5 nitrogen and oxygen atoms in total. The largest absolute Gasteiger partial charge is 0.388 e. The topological polar surface area (TPSA) is 73.9 Å². The molecule has 0 aliphatic heterocycles. The van der Waals surface area contributed by atoms with Gasteiger partial charge in [0, 0.05) is 12.6 Å². The molecule has 0 radical (unpaired) electrons. The summed E-state index contributed by atoms with van der Waals surface area (Å²) in [6.45, 7) is 2.13. The molecule has 17 heavy (non-hydrogen) atoms. The summed E-state index contributed by atoms with van der Waals surface area (Å²) in [5.41, 5.74) is 5.96. The molecular formula is C12H25NO4. The molecule has 1 saturated carbocycles. The van der Waals surface area contributed by atoms with E-state index in [1.807, 2.05) is 0 Å². The van der Waals surface area contributed by atoms with E-state index < -0.39 is 6.10 Å². The van der Waals surface area contributed by atoms with Gasteiger partial charge < -0.3 is 25.1 Å². The number of hydrogen-bond acceptors (Lipinski definition) is 5. The van der Waals surface area contributed by atoms with Crippen LogP contribution in [0.4, 0.5) is 0 Å². The van der Waals surface area contributed by atoms with E-state index in [0.29, 0.717) is 19.8 Å². The second kappa shape index (κ2) is 8.00. The smallest absolute Gasteiger partial charge is 0.101 e. The molecule has 0 aromatic heterocycles. The zero-order valence-electron chi connectivity index (χ0n) is 10.7. The Hall–Kier alpha value is -0.200. The maximum absolute atomic E-state index is 9.57. The number of ether oxygens (including phenoxy) is 3. The first-order chi connectivity index (χ1) is 8.16. The molecule has 0 amide bonds. The van der Waals surface area contributed by atoms with Crippen LogP contribution >= 0.6 is 0 Å². The lowest BCUT2D eigenvalue weighted by molar-refractivity contribution is -0.0362. The Kier molecular flexibility index (Phi) is 6.99. The van der Waals surface area contributed by atoms with Gasteiger partial charge in [-0.05, 0) is 12.8 Å². The Morgan fingerprint density at radius 1 is 1.18 bits per heavy atom. The van der Waals surface area contributed by atoms with Gasteiger partial charge in [0.2, 0.25) is 0 Å². The minimum absolute atomic E-state index is 0.170. The number of aliphatic hydroxyl groups is 1. The maximum atomic E-state index is 9.57. The van der Waals surface area contributed by atoms with Gasteiger partial charge in [-0.3, -0.25) is 0 Å². The third kappa shape index (κ3) is 6.33. The van der Waals surface area contributed by atoms with E-state index in [1.165, 1.54) is 12.8 Å². The lowest BCUT2D eigenvalue weighted by atomic mass is 10.0. The second-order valence-electron chi connectivity index (χ2n) is 4.81. The van der Waals surface area contributed by atoms with Crippen LogP contribution in [0.1, 0.15) is 25.7 Å². The summed E-state index contributed by atoms with van der Waals surface area (Å²) in [4.78, 5) is 0. The second-order valence-corrected chi connectivity index (χ2v) is 4.81. The minimum atomic E-state index is -0.586. The van der Waals surface area contributed by atoms with Crippen LogP contribution in [-0.4, -0.2) is 56.9 Å². The predicted molar refractivity (Wildman–Crippen MR) is 64.9 cm³/mol. The van der Waals surface area contributed by atoms with Gasteiger partial charge in [0.25, 0.3) is 0 Å². The summed E-state index contributed by atoms with van der Waals surface area (Å²) in [6.07, 6.45) is 3.82. The quantitative estimate of drug-likeness (QED) is 0.573. The van der Waals surface area contributed by atoms with E-state index in [0.717, 1.165) is 12.8 Å². The molecule has 102 valence electrons. The molecule has 1 atom stereocenters. The van der Waals surface area contributed by atoms with E-state index in [-0.39, 0.29) is 18.8 Å². The van der Waals surface area contributed by atoms with Crippen molar-refractivity contribution in [3.63, 3.8) is 0 Å². The average Bonchev–Trinajstić information content (AvgIpc) is 2.72. The van der Waals surface area contributed by atoms with Gasteiger partial charge >= 0.3 is 0 Å². The van der Waals surface area contributed by atoms with Crippen molar-refractivity contribution in [1.29, 1.82) is 0 Å². The number of nitrogens with two attached hydrogens (primary N) is 1. The molecule has 0 spiro atoms. The van der Waals surface area contributed by atoms with Crippen molar-refractivity contribution >= 4 is 0 Å². The summed E-state index contributed by atoms with van der Waals surface area (Å²) in [6, 6.07) is 0. The van der Waals surface area contributed by atoms with Crippen molar-refractivity contribution in [3.05, 3.63) is 0 Å². The Labute approximate surface area is 103 Å². The van der Waals surface area contributed by atoms with Gasteiger partial charge in [-0.2, -0.15) is 0 Å². The van der Waals surface area contributed by atoms with Crippen LogP contribution in [0, 0.1) is 0 Å². The molecular weight excluding hydrogens is 222 g/mol. The summed E-state index contributed by atoms with van der Waals surface area (Å²) in [5.74, 6) is 0. The zero-order valence-corrected chi connectivity index (χ0v) is 10.7. The summed E-state index contributed by atoms with van der Waals surface area (Å²) < 4.78 is 15.5. The van der Waals surface area contributed by atoms with Crippen molar-refractivity contribution in [2.45, 2.75) is 37.3 Å². The fourth-order valence-electron chi connectivity index (χ4n) is 2.03. The molecule has 0 aromatic rings. The van der Waals surface area contributed by atoms with Gasteiger partial charge in [0.1, 0.15) is 6.10 Å². The molecule has 0 saturated heterocycles. The van der Waals surface area contributed by atoms with Crippen molar-refractivity contribution in [1.82, 2.24) is 0 Å². The molecule has 1 rings (SSSR count). The van der Waals surface area contributed by atoms with Crippen molar-refractivity contribution in [2.24, 2.45) is 5.73 Å². The van der Waals surface area contributed by atoms with E-state index in [9.17, 15) is 5.11 Å². The van der Waals surface area contributed by atoms with Crippen LogP contribution < -0.4 is 5.73 Å². The van der Waals surface area contributed by atoms with E-state index in [1.54, 1.807) is 7.11 Å². The highest BCUT2D eigenvalue weighted by Gasteiger charge is 2.29. The number of aliphatic hydroxyl groups excluding tert-OH is 1. The van der Waals surface area contributed by atoms with Gasteiger partial charge in [-0.1, -0.05) is 12.8 Å². The van der Waals surface area contributed by atoms with Crippen LogP contribution in [0.3, 0.4) is 0 Å². The fraction of sp³-hybridized carbons (Fsp3) is 1.00. The molecule has 1 aliphatic carbocycles. The summed E-state index contributed by atoms with van der Waals surface area (Å²) in [5, 5.41) is 9.57. The van der Waals surface area contributed by atoms with Crippen LogP contribution in [0.2, 0.25) is 0 Å². The molecule has 5 heteroatoms. The third-order valence-corrected chi connectivity index (χ3v) is 3.04. The first kappa shape index (κ1) is 14.9. The molecule has 0 bridgehead atoms. The minimum Gasteiger partial charge on any atom is -0.388 e. The van der Waals surface area contributed by atoms with Gasteiger partial charge in [-0.25, -0.2) is 0 Å². The molecule has 0 heterocycles. The monoisotopic (exact) mass is 247 g/mol. The Morgan fingerprint density at radius 2 is 1.82 bits per heavy atom. The maximum Gasteiger partial charge on any atom is 0.101 e. The van der Waals surface area contributed by atoms with Crippen LogP contribution in [0.5, 0.6) is 0 Å². The average molecular weight is 247 g/mol. The van der Waals surface area contributed by atoms with E-state index in [4.69, 9.17) is 19.9 Å². The van der Waals surface area contributed by atoms with Crippen LogP contribution in [-0.2, 0) is 14.2 Å². The number of hydrogen-bond donors (Lipinski definition) is 2. The van der Waals surface area contributed by atoms with Gasteiger partial charge in [0.05, 0.1) is 33.0 Å². The first-order valence-electron chi connectivity index (χ1n) is 6.28. The Bertz CT molecular complexity index is 195. The molecule has 0 aromatic carbocycles. The van der Waals surface area contributed by atoms with Crippen molar-refractivity contribution in [2.75, 3.05) is 40.1 Å². The lowest BCUT2D eigenvalue weighted by Crippen LogP contribution is -2.42. The normalized spacial score (nSPS) is 20.6. The predicted octanol–water partition coefficient (Wildman–Crippen LogP) is 0.298. The summed E-state index contributed by atoms with van der Waals surface area (Å²) in [7, 11) is 1.62. The molecule has 1 aliphatic rings. The highest BCUT2D eigenvalue weighted by atomic mass is 16.5. The van der Waals surface area contributed by atoms with Crippen molar-refractivity contribution in [3.8, 4) is 0 Å². The highest BCUT2D eigenvalue weighted by molar-refractivity contribution is 4.88. The fourth-order valence-corrected chi connectivity index (χ4v) is 2.03. The Balaban J connectivity index is 1.97. The van der Waals surface area contributed by atoms with Gasteiger partial charge in [-0.15, -0.1) is 0 Å². The first-order valence-corrected chi connectivity index (χ1v) is 6.28. The van der Waals surface area contributed by atoms with Crippen LogP contribution in [0.15, 0.2) is 0 Å². The van der Waals surface area contributed by atoms with Gasteiger partial charge in [0.15, 0.2) is 0 Å². The lowest BCUT2D eigenvalue weighted by Gasteiger charge is -2.24. The molecule has 1 unspecified atom stereocenters. The van der Waals surface area contributed by atoms with E-state index in [2.05, 4.69) is 0 Å². The number of rotatable bonds is 9. The third-order valence-electron chi connectivity index (χ3n) is 3.04.